The van der Waals surface area contributed by atoms with Crippen molar-refractivity contribution in [2.75, 3.05) is 5.32 Å². The molecule has 1 saturated carbocycles. The molecule has 2 rings (SSSR count). The fourth-order valence-corrected chi connectivity index (χ4v) is 2.82. The molecular formula is C12H15F2NO2S. The van der Waals surface area contributed by atoms with E-state index in [1.165, 1.54) is 24.3 Å². The Morgan fingerprint density at radius 1 is 1.22 bits per heavy atom. The van der Waals surface area contributed by atoms with Crippen LogP contribution in [-0.2, 0) is 9.84 Å². The summed E-state index contributed by atoms with van der Waals surface area (Å²) < 4.78 is 47.0. The molecule has 1 fully saturated rings. The van der Waals surface area contributed by atoms with Gasteiger partial charge in [0.05, 0.1) is 4.90 Å². The second kappa shape index (κ2) is 4.84. The lowest BCUT2D eigenvalue weighted by Gasteiger charge is -2.34. The van der Waals surface area contributed by atoms with Crippen LogP contribution in [0.5, 0.6) is 0 Å². The van der Waals surface area contributed by atoms with Crippen molar-refractivity contribution in [3.05, 3.63) is 24.3 Å². The van der Waals surface area contributed by atoms with E-state index in [4.69, 9.17) is 0 Å². The zero-order valence-electron chi connectivity index (χ0n) is 9.94. The minimum Gasteiger partial charge on any atom is -0.382 e. The number of benzene rings is 1. The molecule has 0 atom stereocenters. The van der Waals surface area contributed by atoms with Gasteiger partial charge in [-0.2, -0.15) is 8.78 Å². The van der Waals surface area contributed by atoms with E-state index >= 15 is 0 Å². The van der Waals surface area contributed by atoms with E-state index < -0.39 is 15.6 Å². The first kappa shape index (κ1) is 13.3. The van der Waals surface area contributed by atoms with Crippen molar-refractivity contribution in [1.29, 1.82) is 0 Å². The molecule has 0 radical (unpaired) electrons. The van der Waals surface area contributed by atoms with E-state index in [0.717, 1.165) is 18.5 Å². The molecule has 0 heterocycles. The minimum absolute atomic E-state index is 0.343. The Labute approximate surface area is 105 Å². The van der Waals surface area contributed by atoms with Crippen molar-refractivity contribution >= 4 is 15.5 Å². The predicted molar refractivity (Wildman–Crippen MR) is 65.4 cm³/mol. The maximum Gasteiger partial charge on any atom is 0.341 e. The van der Waals surface area contributed by atoms with E-state index in [9.17, 15) is 17.2 Å². The zero-order valence-corrected chi connectivity index (χ0v) is 10.8. The molecule has 0 aromatic heterocycles. The monoisotopic (exact) mass is 275 g/mol. The van der Waals surface area contributed by atoms with Crippen molar-refractivity contribution in [1.82, 2.24) is 0 Å². The lowest BCUT2D eigenvalue weighted by molar-refractivity contribution is 0.234. The van der Waals surface area contributed by atoms with Crippen molar-refractivity contribution in [2.45, 2.75) is 36.5 Å². The zero-order chi connectivity index (χ0) is 13.3. The first-order valence-electron chi connectivity index (χ1n) is 5.78. The summed E-state index contributed by atoms with van der Waals surface area (Å²) in [5, 5.41) is 3.23. The number of rotatable bonds is 4. The van der Waals surface area contributed by atoms with Crippen LogP contribution in [0.1, 0.15) is 19.8 Å². The van der Waals surface area contributed by atoms with Crippen LogP contribution in [0.4, 0.5) is 14.5 Å². The number of anilines is 1. The summed E-state index contributed by atoms with van der Waals surface area (Å²) in [6, 6.07) is 5.88. The van der Waals surface area contributed by atoms with Crippen LogP contribution in [0.25, 0.3) is 0 Å². The van der Waals surface area contributed by atoms with Crippen LogP contribution in [0.2, 0.25) is 0 Å². The molecule has 100 valence electrons. The van der Waals surface area contributed by atoms with Gasteiger partial charge >= 0.3 is 5.76 Å². The SMILES string of the molecule is CC1CC(Nc2ccc(S(=O)(=O)C(F)F)cc2)C1. The number of halogens is 2. The fourth-order valence-electron chi connectivity index (χ4n) is 2.10. The smallest absolute Gasteiger partial charge is 0.341 e. The fraction of sp³-hybridized carbons (Fsp3) is 0.500. The second-order valence-corrected chi connectivity index (χ2v) is 6.67. The van der Waals surface area contributed by atoms with Gasteiger partial charge in [0.2, 0.25) is 9.84 Å². The van der Waals surface area contributed by atoms with Crippen molar-refractivity contribution < 1.29 is 17.2 Å². The molecule has 18 heavy (non-hydrogen) atoms. The summed E-state index contributed by atoms with van der Waals surface area (Å²) in [5.74, 6) is -2.66. The summed E-state index contributed by atoms with van der Waals surface area (Å²) in [7, 11) is -4.48. The largest absolute Gasteiger partial charge is 0.382 e. The molecule has 3 nitrogen and oxygen atoms in total. The third kappa shape index (κ3) is 2.63. The Bertz CT molecular complexity index is 507. The number of hydrogen-bond donors (Lipinski definition) is 1. The average molecular weight is 275 g/mol. The van der Waals surface area contributed by atoms with Crippen LogP contribution >= 0.6 is 0 Å². The van der Waals surface area contributed by atoms with Crippen LogP contribution < -0.4 is 5.32 Å². The highest BCUT2D eigenvalue weighted by molar-refractivity contribution is 7.91. The summed E-state index contributed by atoms with van der Waals surface area (Å²) in [6.45, 7) is 2.16. The van der Waals surface area contributed by atoms with Crippen LogP contribution in [0.3, 0.4) is 0 Å². The van der Waals surface area contributed by atoms with Gasteiger partial charge in [0.15, 0.2) is 0 Å². The molecular weight excluding hydrogens is 260 g/mol. The van der Waals surface area contributed by atoms with E-state index in [1.54, 1.807) is 0 Å². The van der Waals surface area contributed by atoms with Gasteiger partial charge in [0.1, 0.15) is 0 Å². The highest BCUT2D eigenvalue weighted by Crippen LogP contribution is 2.29. The Hall–Kier alpha value is -1.17. The van der Waals surface area contributed by atoms with Crippen LogP contribution in [0, 0.1) is 5.92 Å². The second-order valence-electron chi connectivity index (χ2n) is 4.75. The molecule has 0 spiro atoms. The quantitative estimate of drug-likeness (QED) is 0.919. The summed E-state index contributed by atoms with van der Waals surface area (Å²) in [6.07, 6.45) is 2.16. The number of nitrogens with one attached hydrogen (secondary N) is 1. The first-order valence-corrected chi connectivity index (χ1v) is 7.33. The van der Waals surface area contributed by atoms with Gasteiger partial charge in [-0.25, -0.2) is 8.42 Å². The number of sulfone groups is 1. The van der Waals surface area contributed by atoms with Gasteiger partial charge < -0.3 is 5.32 Å². The van der Waals surface area contributed by atoms with E-state index in [-0.39, 0.29) is 4.90 Å². The molecule has 6 heteroatoms. The van der Waals surface area contributed by atoms with Gasteiger partial charge in [-0.15, -0.1) is 0 Å². The van der Waals surface area contributed by atoms with Crippen molar-refractivity contribution in [3.63, 3.8) is 0 Å². The van der Waals surface area contributed by atoms with Gasteiger partial charge in [-0.05, 0) is 43.0 Å². The Kier molecular flexibility index (Phi) is 3.56. The number of alkyl halides is 2. The molecule has 1 aromatic rings. The maximum absolute atomic E-state index is 12.3. The van der Waals surface area contributed by atoms with Gasteiger partial charge in [0.25, 0.3) is 0 Å². The standard InChI is InChI=1S/C12H15F2NO2S/c1-8-6-10(7-8)15-9-2-4-11(5-3-9)18(16,17)12(13)14/h2-5,8,10,12,15H,6-7H2,1H3. The highest BCUT2D eigenvalue weighted by Gasteiger charge is 2.27. The predicted octanol–water partition coefficient (Wildman–Crippen LogP) is 2.89. The van der Waals surface area contributed by atoms with Gasteiger partial charge in [-0.3, -0.25) is 0 Å². The first-order chi connectivity index (χ1) is 8.39. The van der Waals surface area contributed by atoms with E-state index in [2.05, 4.69) is 12.2 Å². The summed E-state index contributed by atoms with van der Waals surface area (Å²) >= 11 is 0. The molecule has 1 aliphatic carbocycles. The minimum atomic E-state index is -4.48. The molecule has 1 N–H and O–H groups in total. The molecule has 1 aliphatic rings. The van der Waals surface area contributed by atoms with Gasteiger partial charge in [0, 0.05) is 11.7 Å². The Morgan fingerprint density at radius 2 is 1.78 bits per heavy atom. The average Bonchev–Trinajstić information content (AvgIpc) is 2.27. The normalized spacial score (nSPS) is 23.8. The molecule has 0 saturated heterocycles. The van der Waals surface area contributed by atoms with Crippen LogP contribution in [-0.4, -0.2) is 20.2 Å². The molecule has 0 bridgehead atoms. The lowest BCUT2D eigenvalue weighted by Crippen LogP contribution is -2.33. The molecule has 0 aliphatic heterocycles. The number of hydrogen-bond acceptors (Lipinski definition) is 3. The maximum atomic E-state index is 12.3. The van der Waals surface area contributed by atoms with Crippen molar-refractivity contribution in [3.8, 4) is 0 Å². The Balaban J connectivity index is 2.06. The van der Waals surface area contributed by atoms with E-state index in [1.807, 2.05) is 0 Å². The van der Waals surface area contributed by atoms with E-state index in [0.29, 0.717) is 12.0 Å². The van der Waals surface area contributed by atoms with Gasteiger partial charge in [-0.1, -0.05) is 6.92 Å². The summed E-state index contributed by atoms with van der Waals surface area (Å²) in [4.78, 5) is -0.343. The third-order valence-electron chi connectivity index (χ3n) is 3.16. The lowest BCUT2D eigenvalue weighted by atomic mass is 9.82. The van der Waals surface area contributed by atoms with Crippen molar-refractivity contribution in [2.24, 2.45) is 5.92 Å². The molecule has 1 aromatic carbocycles. The molecule has 0 unspecified atom stereocenters. The summed E-state index contributed by atoms with van der Waals surface area (Å²) in [5.41, 5.74) is 0.764. The third-order valence-corrected chi connectivity index (χ3v) is 4.56. The molecule has 0 amide bonds. The Morgan fingerprint density at radius 3 is 2.22 bits per heavy atom. The topological polar surface area (TPSA) is 46.2 Å². The van der Waals surface area contributed by atoms with Crippen LogP contribution in [0.15, 0.2) is 29.2 Å². The highest BCUT2D eigenvalue weighted by atomic mass is 32.2.